The molecule has 0 spiro atoms. The number of pyridine rings is 2. The van der Waals surface area contributed by atoms with Gasteiger partial charge in [0.25, 0.3) is 0 Å². The lowest BCUT2D eigenvalue weighted by Gasteiger charge is -2.56. The number of morpholine rings is 1. The number of aryl methyl sites for hydroxylation is 2. The Bertz CT molecular complexity index is 1610. The normalized spacial score (nSPS) is 23.1. The zero-order valence-corrected chi connectivity index (χ0v) is 21.3. The van der Waals surface area contributed by atoms with Crippen LogP contribution in [0.15, 0.2) is 73.6 Å². The van der Waals surface area contributed by atoms with E-state index in [1.165, 1.54) is 36.0 Å². The fourth-order valence-electron chi connectivity index (χ4n) is 6.83. The average Bonchev–Trinajstić information content (AvgIpc) is 3.57. The molecule has 4 aromatic heterocycles. The van der Waals surface area contributed by atoms with Crippen molar-refractivity contribution in [2.75, 3.05) is 13.2 Å². The summed E-state index contributed by atoms with van der Waals surface area (Å²) in [7, 11) is 0. The van der Waals surface area contributed by atoms with Gasteiger partial charge in [-0.25, -0.2) is 9.67 Å². The van der Waals surface area contributed by atoms with Gasteiger partial charge in [-0.2, -0.15) is 5.10 Å². The molecule has 0 amide bonds. The van der Waals surface area contributed by atoms with Crippen LogP contribution in [-0.4, -0.2) is 61.0 Å². The maximum atomic E-state index is 5.74. The van der Waals surface area contributed by atoms with Crippen LogP contribution in [0.2, 0.25) is 0 Å². The van der Waals surface area contributed by atoms with Crippen molar-refractivity contribution in [2.45, 2.75) is 50.2 Å². The van der Waals surface area contributed by atoms with Gasteiger partial charge in [0.2, 0.25) is 0 Å². The first-order valence-electron chi connectivity index (χ1n) is 13.7. The molecule has 5 aromatic rings. The predicted molar refractivity (Wildman–Crippen MR) is 147 cm³/mol. The first-order chi connectivity index (χ1) is 18.8. The maximum Gasteiger partial charge on any atom is 0.137 e. The molecule has 7 heteroatoms. The minimum absolute atomic E-state index is 0.653. The molecule has 6 heterocycles. The molecule has 3 atom stereocenters. The number of hydrogen-bond acceptors (Lipinski definition) is 5. The van der Waals surface area contributed by atoms with E-state index in [4.69, 9.17) is 9.72 Å². The van der Waals surface area contributed by atoms with Gasteiger partial charge < -0.3 is 9.72 Å². The molecular weight excluding hydrogens is 472 g/mol. The summed E-state index contributed by atoms with van der Waals surface area (Å²) >= 11 is 0. The Hall–Kier alpha value is -3.81. The lowest BCUT2D eigenvalue weighted by atomic mass is 9.87. The highest BCUT2D eigenvalue weighted by Gasteiger charge is 2.45. The quantitative estimate of drug-likeness (QED) is 0.342. The standard InChI is InChI=1S/C31H30N6O/c1-2-22(11-21-4-6-26(5-3-20(1)21)37-27-13-28(37)19-38-18-27)23-12-29-30(16-34-31(29)33-14-23)24-15-35-36(17-24)25-7-9-32-10-8-25/h1-2,7-12,14-17,26-28H,3-6,13,18-19H2,(H,33,34)/t26-,27?,28?/m0/s1. The van der Waals surface area contributed by atoms with Crippen LogP contribution in [0.1, 0.15) is 30.4 Å². The van der Waals surface area contributed by atoms with E-state index >= 15 is 0 Å². The second-order valence-corrected chi connectivity index (χ2v) is 10.9. The van der Waals surface area contributed by atoms with Gasteiger partial charge in [-0.15, -0.1) is 0 Å². The fraction of sp³-hybridized carbons (Fsp3) is 0.323. The van der Waals surface area contributed by atoms with E-state index in [9.17, 15) is 0 Å². The second-order valence-electron chi connectivity index (χ2n) is 10.9. The summed E-state index contributed by atoms with van der Waals surface area (Å²) in [5.41, 5.74) is 9.45. The zero-order chi connectivity index (χ0) is 25.1. The third kappa shape index (κ3) is 3.68. The Morgan fingerprint density at radius 1 is 0.842 bits per heavy atom. The summed E-state index contributed by atoms with van der Waals surface area (Å²) in [4.78, 5) is 15.0. The lowest BCUT2D eigenvalue weighted by Crippen LogP contribution is -2.66. The first kappa shape index (κ1) is 22.2. The van der Waals surface area contributed by atoms with Crippen molar-refractivity contribution < 1.29 is 4.74 Å². The molecule has 8 rings (SSSR count). The van der Waals surface area contributed by atoms with E-state index in [1.54, 1.807) is 12.4 Å². The zero-order valence-electron chi connectivity index (χ0n) is 21.3. The van der Waals surface area contributed by atoms with Crippen molar-refractivity contribution in [2.24, 2.45) is 0 Å². The minimum atomic E-state index is 0.653. The van der Waals surface area contributed by atoms with Crippen molar-refractivity contribution >= 4 is 11.0 Å². The van der Waals surface area contributed by atoms with Gasteiger partial charge in [0, 0.05) is 71.2 Å². The third-order valence-corrected chi connectivity index (χ3v) is 8.81. The summed E-state index contributed by atoms with van der Waals surface area (Å²) in [6.07, 6.45) is 17.7. The van der Waals surface area contributed by atoms with E-state index in [-0.39, 0.29) is 0 Å². The van der Waals surface area contributed by atoms with E-state index in [0.29, 0.717) is 18.1 Å². The van der Waals surface area contributed by atoms with Crippen LogP contribution in [0.25, 0.3) is 39.0 Å². The summed E-state index contributed by atoms with van der Waals surface area (Å²) < 4.78 is 7.62. The highest BCUT2D eigenvalue weighted by Crippen LogP contribution is 2.38. The number of hydrogen-bond donors (Lipinski definition) is 1. The van der Waals surface area contributed by atoms with Crippen LogP contribution in [0.5, 0.6) is 0 Å². The molecule has 0 radical (unpaired) electrons. The molecule has 7 nitrogen and oxygen atoms in total. The Balaban J connectivity index is 1.08. The largest absolute Gasteiger partial charge is 0.378 e. The van der Waals surface area contributed by atoms with Crippen LogP contribution in [0.3, 0.4) is 0 Å². The fourth-order valence-corrected chi connectivity index (χ4v) is 6.83. The predicted octanol–water partition coefficient (Wildman–Crippen LogP) is 5.20. The molecule has 3 aliphatic rings. The second kappa shape index (κ2) is 8.89. The molecule has 38 heavy (non-hydrogen) atoms. The molecule has 2 unspecified atom stereocenters. The molecule has 2 saturated heterocycles. The maximum absolute atomic E-state index is 5.74. The third-order valence-electron chi connectivity index (χ3n) is 8.81. The van der Waals surface area contributed by atoms with Crippen LogP contribution >= 0.6 is 0 Å². The number of aromatic amines is 1. The Morgan fingerprint density at radius 2 is 1.68 bits per heavy atom. The van der Waals surface area contributed by atoms with E-state index in [1.807, 2.05) is 35.4 Å². The van der Waals surface area contributed by atoms with E-state index in [2.05, 4.69) is 50.4 Å². The highest BCUT2D eigenvalue weighted by atomic mass is 16.5. The van der Waals surface area contributed by atoms with Gasteiger partial charge in [-0.1, -0.05) is 18.2 Å². The van der Waals surface area contributed by atoms with E-state index < -0.39 is 0 Å². The number of aromatic nitrogens is 5. The molecular formula is C31H30N6O. The van der Waals surface area contributed by atoms with Gasteiger partial charge in [0.15, 0.2) is 0 Å². The number of rotatable bonds is 4. The molecule has 1 N–H and O–H groups in total. The van der Waals surface area contributed by atoms with Crippen molar-refractivity contribution in [3.05, 3.63) is 84.7 Å². The number of nitrogens with zero attached hydrogens (tertiary/aromatic N) is 5. The van der Waals surface area contributed by atoms with Gasteiger partial charge in [-0.05, 0) is 67.0 Å². The number of ether oxygens (including phenoxy) is 1. The van der Waals surface area contributed by atoms with Gasteiger partial charge in [-0.3, -0.25) is 9.88 Å². The van der Waals surface area contributed by atoms with Gasteiger partial charge in [0.1, 0.15) is 5.65 Å². The van der Waals surface area contributed by atoms with Gasteiger partial charge in [0.05, 0.1) is 25.1 Å². The average molecular weight is 503 g/mol. The molecule has 1 aliphatic carbocycles. The van der Waals surface area contributed by atoms with Gasteiger partial charge >= 0.3 is 0 Å². The monoisotopic (exact) mass is 502 g/mol. The molecule has 190 valence electrons. The summed E-state index contributed by atoms with van der Waals surface area (Å²) in [5, 5.41) is 5.69. The number of nitrogens with one attached hydrogen (secondary N) is 1. The molecule has 2 aliphatic heterocycles. The lowest BCUT2D eigenvalue weighted by molar-refractivity contribution is -0.148. The Labute approximate surface area is 221 Å². The SMILES string of the molecule is c1cc(-n2cc(-c3c[nH]c4ncc(-c5ccc6c(c5)CC[C@@H](N5C7COCC5C7)CC6)cc34)cn2)ccn1. The summed E-state index contributed by atoms with van der Waals surface area (Å²) in [6.45, 7) is 1.84. The highest BCUT2D eigenvalue weighted by molar-refractivity contribution is 5.95. The van der Waals surface area contributed by atoms with E-state index in [0.717, 1.165) is 59.5 Å². The van der Waals surface area contributed by atoms with Crippen molar-refractivity contribution in [3.63, 3.8) is 0 Å². The Morgan fingerprint density at radius 3 is 2.53 bits per heavy atom. The molecule has 2 bridgehead atoms. The first-order valence-corrected chi connectivity index (χ1v) is 13.7. The molecule has 0 saturated carbocycles. The van der Waals surface area contributed by atoms with Crippen LogP contribution in [0, 0.1) is 0 Å². The van der Waals surface area contributed by atoms with Crippen LogP contribution < -0.4 is 0 Å². The number of H-pyrrole nitrogens is 1. The number of fused-ring (bicyclic) bond motifs is 4. The Kier molecular flexibility index (Phi) is 5.19. The summed E-state index contributed by atoms with van der Waals surface area (Å²) in [6, 6.07) is 15.2. The topological polar surface area (TPSA) is 71.9 Å². The van der Waals surface area contributed by atoms with Crippen LogP contribution in [0.4, 0.5) is 0 Å². The van der Waals surface area contributed by atoms with Crippen molar-refractivity contribution in [3.8, 4) is 27.9 Å². The van der Waals surface area contributed by atoms with Crippen molar-refractivity contribution in [1.29, 1.82) is 0 Å². The molecule has 2 fully saturated rings. The minimum Gasteiger partial charge on any atom is -0.378 e. The van der Waals surface area contributed by atoms with Crippen LogP contribution in [-0.2, 0) is 17.6 Å². The smallest absolute Gasteiger partial charge is 0.137 e. The number of benzene rings is 1. The summed E-state index contributed by atoms with van der Waals surface area (Å²) in [5.74, 6) is 0. The van der Waals surface area contributed by atoms with Crippen molar-refractivity contribution in [1.82, 2.24) is 29.6 Å². The molecule has 1 aromatic carbocycles.